The van der Waals surface area contributed by atoms with E-state index in [-0.39, 0.29) is 0 Å². The first-order valence-electron chi connectivity index (χ1n) is 6.19. The van der Waals surface area contributed by atoms with Gasteiger partial charge in [0.05, 0.1) is 0 Å². The van der Waals surface area contributed by atoms with Crippen molar-refractivity contribution in [2.45, 2.75) is 59.8 Å². The first-order chi connectivity index (χ1) is 6.19. The second-order valence-corrected chi connectivity index (χ2v) is 5.15. The summed E-state index contributed by atoms with van der Waals surface area (Å²) in [5, 5.41) is 0. The fourth-order valence-electron chi connectivity index (χ4n) is 3.04. The van der Waals surface area contributed by atoms with Crippen molar-refractivity contribution < 1.29 is 0 Å². The summed E-state index contributed by atoms with van der Waals surface area (Å²) in [6, 6.07) is 0. The summed E-state index contributed by atoms with van der Waals surface area (Å²) in [4.78, 5) is 0. The molecule has 0 aromatic carbocycles. The Balaban J connectivity index is 2.39. The van der Waals surface area contributed by atoms with Crippen LogP contribution in [0.15, 0.2) is 0 Å². The van der Waals surface area contributed by atoms with Crippen LogP contribution in [0.5, 0.6) is 0 Å². The van der Waals surface area contributed by atoms with Gasteiger partial charge in [0.1, 0.15) is 0 Å². The van der Waals surface area contributed by atoms with Gasteiger partial charge in [-0.25, -0.2) is 0 Å². The predicted octanol–water partition coefficient (Wildman–Crippen LogP) is 4.49. The molecule has 0 bridgehead atoms. The zero-order valence-electron chi connectivity index (χ0n) is 9.84. The third-order valence-corrected chi connectivity index (χ3v) is 4.17. The Labute approximate surface area is 84.1 Å². The van der Waals surface area contributed by atoms with Crippen LogP contribution in [-0.2, 0) is 0 Å². The molecule has 78 valence electrons. The summed E-state index contributed by atoms with van der Waals surface area (Å²) >= 11 is 0. The SMILES string of the molecule is CCC(CC)C1CCC(C(C)C)C1. The molecule has 0 aliphatic heterocycles. The van der Waals surface area contributed by atoms with Crippen molar-refractivity contribution in [3.05, 3.63) is 0 Å². The predicted molar refractivity (Wildman–Crippen MR) is 59.7 cm³/mol. The van der Waals surface area contributed by atoms with Gasteiger partial charge < -0.3 is 0 Å². The molecule has 2 atom stereocenters. The Morgan fingerprint density at radius 1 is 1.00 bits per heavy atom. The Bertz CT molecular complexity index is 133. The number of hydrogen-bond acceptors (Lipinski definition) is 0. The molecule has 1 rings (SSSR count). The summed E-state index contributed by atoms with van der Waals surface area (Å²) < 4.78 is 0. The van der Waals surface area contributed by atoms with Gasteiger partial charge in [-0.2, -0.15) is 0 Å². The maximum absolute atomic E-state index is 2.39. The Morgan fingerprint density at radius 3 is 1.92 bits per heavy atom. The second-order valence-electron chi connectivity index (χ2n) is 5.15. The molecule has 0 spiro atoms. The van der Waals surface area contributed by atoms with E-state index >= 15 is 0 Å². The number of hydrogen-bond donors (Lipinski definition) is 0. The van der Waals surface area contributed by atoms with Gasteiger partial charge in [0.15, 0.2) is 0 Å². The average molecular weight is 182 g/mol. The van der Waals surface area contributed by atoms with Gasteiger partial charge in [-0.1, -0.05) is 40.5 Å². The quantitative estimate of drug-likeness (QED) is 0.600. The van der Waals surface area contributed by atoms with E-state index in [1.807, 2.05) is 0 Å². The number of rotatable bonds is 4. The van der Waals surface area contributed by atoms with Crippen LogP contribution in [0.1, 0.15) is 59.8 Å². The normalized spacial score (nSPS) is 29.1. The third kappa shape index (κ3) is 2.72. The molecule has 0 N–H and O–H groups in total. The van der Waals surface area contributed by atoms with Crippen molar-refractivity contribution in [1.29, 1.82) is 0 Å². The minimum Gasteiger partial charge on any atom is -0.0651 e. The van der Waals surface area contributed by atoms with Crippen LogP contribution < -0.4 is 0 Å². The molecule has 0 aromatic rings. The van der Waals surface area contributed by atoms with Crippen molar-refractivity contribution in [3.63, 3.8) is 0 Å². The lowest BCUT2D eigenvalue weighted by atomic mass is 9.84. The van der Waals surface area contributed by atoms with Crippen LogP contribution in [0.4, 0.5) is 0 Å². The zero-order chi connectivity index (χ0) is 9.84. The maximum atomic E-state index is 2.39. The summed E-state index contributed by atoms with van der Waals surface area (Å²) in [6.07, 6.45) is 7.32. The Kier molecular flexibility index (Phi) is 4.28. The van der Waals surface area contributed by atoms with E-state index in [1.165, 1.54) is 32.1 Å². The monoisotopic (exact) mass is 182 g/mol. The van der Waals surface area contributed by atoms with Crippen molar-refractivity contribution in [2.24, 2.45) is 23.7 Å². The molecule has 1 saturated carbocycles. The highest BCUT2D eigenvalue weighted by molar-refractivity contribution is 4.81. The zero-order valence-corrected chi connectivity index (χ0v) is 9.84. The minimum absolute atomic E-state index is 0.916. The first kappa shape index (κ1) is 11.1. The van der Waals surface area contributed by atoms with E-state index in [4.69, 9.17) is 0 Å². The van der Waals surface area contributed by atoms with Gasteiger partial charge in [-0.15, -0.1) is 0 Å². The topological polar surface area (TPSA) is 0 Å². The molecular weight excluding hydrogens is 156 g/mol. The van der Waals surface area contributed by atoms with E-state index in [1.54, 1.807) is 0 Å². The van der Waals surface area contributed by atoms with Crippen LogP contribution >= 0.6 is 0 Å². The molecule has 1 aliphatic rings. The molecule has 13 heavy (non-hydrogen) atoms. The molecule has 1 aliphatic carbocycles. The van der Waals surface area contributed by atoms with Gasteiger partial charge >= 0.3 is 0 Å². The Morgan fingerprint density at radius 2 is 1.54 bits per heavy atom. The van der Waals surface area contributed by atoms with E-state index in [9.17, 15) is 0 Å². The lowest BCUT2D eigenvalue weighted by Gasteiger charge is -2.21. The Hall–Kier alpha value is 0. The third-order valence-electron chi connectivity index (χ3n) is 4.17. The van der Waals surface area contributed by atoms with Gasteiger partial charge in [-0.05, 0) is 42.9 Å². The van der Waals surface area contributed by atoms with Gasteiger partial charge in [0.25, 0.3) is 0 Å². The average Bonchev–Trinajstić information content (AvgIpc) is 2.56. The highest BCUT2D eigenvalue weighted by Gasteiger charge is 2.30. The van der Waals surface area contributed by atoms with Crippen molar-refractivity contribution in [1.82, 2.24) is 0 Å². The first-order valence-corrected chi connectivity index (χ1v) is 6.19. The molecule has 1 fully saturated rings. The minimum atomic E-state index is 0.916. The smallest absolute Gasteiger partial charge is 0.0383 e. The fraction of sp³-hybridized carbons (Fsp3) is 1.00. The van der Waals surface area contributed by atoms with Crippen LogP contribution in [0.3, 0.4) is 0 Å². The van der Waals surface area contributed by atoms with Gasteiger partial charge in [-0.3, -0.25) is 0 Å². The van der Waals surface area contributed by atoms with Crippen LogP contribution in [0, 0.1) is 23.7 Å². The molecule has 2 unspecified atom stereocenters. The van der Waals surface area contributed by atoms with Gasteiger partial charge in [0, 0.05) is 0 Å². The van der Waals surface area contributed by atoms with Gasteiger partial charge in [0.2, 0.25) is 0 Å². The standard InChI is InChI=1S/C13H26/c1-5-11(6-2)13-8-7-12(9-13)10(3)4/h10-13H,5-9H2,1-4H3. The van der Waals surface area contributed by atoms with E-state index in [2.05, 4.69) is 27.7 Å². The van der Waals surface area contributed by atoms with Crippen molar-refractivity contribution in [2.75, 3.05) is 0 Å². The van der Waals surface area contributed by atoms with Crippen LogP contribution in [0.2, 0.25) is 0 Å². The summed E-state index contributed by atoms with van der Waals surface area (Å²) in [5.41, 5.74) is 0. The van der Waals surface area contributed by atoms with Crippen molar-refractivity contribution >= 4 is 0 Å². The largest absolute Gasteiger partial charge is 0.0651 e. The summed E-state index contributed by atoms with van der Waals surface area (Å²) in [5.74, 6) is 4.02. The summed E-state index contributed by atoms with van der Waals surface area (Å²) in [7, 11) is 0. The van der Waals surface area contributed by atoms with E-state index in [0.29, 0.717) is 0 Å². The molecule has 0 heterocycles. The molecule has 0 amide bonds. The molecule has 0 saturated heterocycles. The van der Waals surface area contributed by atoms with Crippen LogP contribution in [-0.4, -0.2) is 0 Å². The molecule has 0 aromatic heterocycles. The lowest BCUT2D eigenvalue weighted by Crippen LogP contribution is -2.11. The second kappa shape index (κ2) is 5.02. The summed E-state index contributed by atoms with van der Waals surface area (Å²) in [6.45, 7) is 9.49. The molecule has 0 radical (unpaired) electrons. The molecular formula is C13H26. The highest BCUT2D eigenvalue weighted by Crippen LogP contribution is 2.41. The molecule has 0 nitrogen and oxygen atoms in total. The maximum Gasteiger partial charge on any atom is -0.0383 e. The fourth-order valence-corrected chi connectivity index (χ4v) is 3.04. The van der Waals surface area contributed by atoms with Crippen LogP contribution in [0.25, 0.3) is 0 Å². The van der Waals surface area contributed by atoms with E-state index in [0.717, 1.165) is 23.7 Å². The lowest BCUT2D eigenvalue weighted by molar-refractivity contribution is 0.294. The van der Waals surface area contributed by atoms with E-state index < -0.39 is 0 Å². The highest BCUT2D eigenvalue weighted by atomic mass is 14.4. The van der Waals surface area contributed by atoms with Crippen molar-refractivity contribution in [3.8, 4) is 0 Å². The molecule has 0 heteroatoms.